The van der Waals surface area contributed by atoms with E-state index in [0.717, 1.165) is 17.1 Å². The minimum atomic E-state index is -0.284. The largest absolute Gasteiger partial charge is 0.461 e. The quantitative estimate of drug-likeness (QED) is 0.878. The highest BCUT2D eigenvalue weighted by molar-refractivity contribution is 6.30. The lowest BCUT2D eigenvalue weighted by Crippen LogP contribution is -2.26. The second-order valence-corrected chi connectivity index (χ2v) is 4.36. The molecule has 1 unspecified atom stereocenters. The standard InChI is InChI=1S/C13H14ClNO2/c14-10-3-1-2-9(6-10)13-5-4-12(17-13)7-11(15)8-16/h1-6,11,16H,7-8,15H2. The molecule has 3 N–H and O–H groups in total. The van der Waals surface area contributed by atoms with Crippen LogP contribution in [0, 0.1) is 0 Å². The van der Waals surface area contributed by atoms with Crippen LogP contribution in [0.2, 0.25) is 5.02 Å². The highest BCUT2D eigenvalue weighted by Gasteiger charge is 2.08. The van der Waals surface area contributed by atoms with Gasteiger partial charge in [0.15, 0.2) is 0 Å². The molecule has 4 heteroatoms. The van der Waals surface area contributed by atoms with Crippen molar-refractivity contribution in [3.63, 3.8) is 0 Å². The van der Waals surface area contributed by atoms with Crippen LogP contribution in [0.15, 0.2) is 40.8 Å². The van der Waals surface area contributed by atoms with Crippen molar-refractivity contribution in [2.45, 2.75) is 12.5 Å². The number of aliphatic hydroxyl groups excluding tert-OH is 1. The number of nitrogens with two attached hydrogens (primary N) is 1. The van der Waals surface area contributed by atoms with E-state index in [1.54, 1.807) is 0 Å². The Bertz CT molecular complexity index is 496. The van der Waals surface area contributed by atoms with Crippen LogP contribution in [-0.2, 0) is 6.42 Å². The number of benzene rings is 1. The van der Waals surface area contributed by atoms with Crippen molar-refractivity contribution in [3.8, 4) is 11.3 Å². The summed E-state index contributed by atoms with van der Waals surface area (Å²) in [6.07, 6.45) is 0.525. The van der Waals surface area contributed by atoms with Gasteiger partial charge in [0.05, 0.1) is 6.61 Å². The van der Waals surface area contributed by atoms with Gasteiger partial charge in [-0.2, -0.15) is 0 Å². The zero-order valence-electron chi connectivity index (χ0n) is 9.27. The Hall–Kier alpha value is -1.29. The van der Waals surface area contributed by atoms with Crippen molar-refractivity contribution < 1.29 is 9.52 Å². The molecule has 0 aliphatic carbocycles. The van der Waals surface area contributed by atoms with Gasteiger partial charge < -0.3 is 15.3 Å². The van der Waals surface area contributed by atoms with Crippen LogP contribution in [0.5, 0.6) is 0 Å². The van der Waals surface area contributed by atoms with Gasteiger partial charge in [-0.3, -0.25) is 0 Å². The van der Waals surface area contributed by atoms with E-state index in [1.165, 1.54) is 0 Å². The van der Waals surface area contributed by atoms with Crippen molar-refractivity contribution in [1.29, 1.82) is 0 Å². The highest BCUT2D eigenvalue weighted by atomic mass is 35.5. The first-order chi connectivity index (χ1) is 8.19. The molecule has 3 nitrogen and oxygen atoms in total. The third-order valence-electron chi connectivity index (χ3n) is 2.47. The van der Waals surface area contributed by atoms with Crippen LogP contribution in [0.1, 0.15) is 5.76 Å². The summed E-state index contributed by atoms with van der Waals surface area (Å²) in [5, 5.41) is 9.55. The molecular weight excluding hydrogens is 238 g/mol. The van der Waals surface area contributed by atoms with Crippen LogP contribution in [0.3, 0.4) is 0 Å². The van der Waals surface area contributed by atoms with Crippen LogP contribution < -0.4 is 5.73 Å². The van der Waals surface area contributed by atoms with E-state index >= 15 is 0 Å². The smallest absolute Gasteiger partial charge is 0.134 e. The third-order valence-corrected chi connectivity index (χ3v) is 2.70. The van der Waals surface area contributed by atoms with E-state index < -0.39 is 0 Å². The summed E-state index contributed by atoms with van der Waals surface area (Å²) in [6, 6.07) is 10.9. The van der Waals surface area contributed by atoms with Gasteiger partial charge in [-0.1, -0.05) is 23.7 Å². The van der Waals surface area contributed by atoms with Crippen molar-refractivity contribution in [1.82, 2.24) is 0 Å². The van der Waals surface area contributed by atoms with Crippen molar-refractivity contribution in [2.24, 2.45) is 5.73 Å². The Morgan fingerprint density at radius 3 is 2.82 bits per heavy atom. The predicted octanol–water partition coefficient (Wildman–Crippen LogP) is 2.46. The number of hydrogen-bond acceptors (Lipinski definition) is 3. The average molecular weight is 252 g/mol. The average Bonchev–Trinajstić information content (AvgIpc) is 2.77. The van der Waals surface area contributed by atoms with Gasteiger partial charge in [0, 0.05) is 23.0 Å². The summed E-state index contributed by atoms with van der Waals surface area (Å²) in [5.41, 5.74) is 6.58. The Balaban J connectivity index is 2.18. The number of furan rings is 1. The summed E-state index contributed by atoms with van der Waals surface area (Å²) in [6.45, 7) is -0.0484. The zero-order valence-corrected chi connectivity index (χ0v) is 10.0. The molecule has 0 fully saturated rings. The van der Waals surface area contributed by atoms with Crippen LogP contribution in [0.25, 0.3) is 11.3 Å². The van der Waals surface area contributed by atoms with Gasteiger partial charge in [-0.15, -0.1) is 0 Å². The lowest BCUT2D eigenvalue weighted by atomic mass is 10.2. The van der Waals surface area contributed by atoms with Crippen LogP contribution >= 0.6 is 11.6 Å². The van der Waals surface area contributed by atoms with Gasteiger partial charge in [-0.05, 0) is 24.3 Å². The van der Waals surface area contributed by atoms with Crippen molar-refractivity contribution in [3.05, 3.63) is 47.2 Å². The molecule has 0 aliphatic rings. The number of halogens is 1. The van der Waals surface area contributed by atoms with E-state index in [-0.39, 0.29) is 12.6 Å². The zero-order chi connectivity index (χ0) is 12.3. The number of rotatable bonds is 4. The van der Waals surface area contributed by atoms with Crippen molar-refractivity contribution in [2.75, 3.05) is 6.61 Å². The molecule has 1 aromatic heterocycles. The van der Waals surface area contributed by atoms with E-state index in [1.807, 2.05) is 36.4 Å². The molecule has 2 rings (SSSR count). The molecule has 0 bridgehead atoms. The molecule has 0 amide bonds. The van der Waals surface area contributed by atoms with Gasteiger partial charge >= 0.3 is 0 Å². The molecule has 0 radical (unpaired) electrons. The van der Waals surface area contributed by atoms with Gasteiger partial charge in [0.1, 0.15) is 11.5 Å². The van der Waals surface area contributed by atoms with E-state index in [9.17, 15) is 0 Å². The summed E-state index contributed by atoms with van der Waals surface area (Å²) in [5.74, 6) is 1.52. The maximum absolute atomic E-state index is 8.87. The monoisotopic (exact) mass is 251 g/mol. The van der Waals surface area contributed by atoms with Crippen LogP contribution in [0.4, 0.5) is 0 Å². The van der Waals surface area contributed by atoms with E-state index in [2.05, 4.69) is 0 Å². The Labute approximate surface area is 105 Å². The molecule has 1 heterocycles. The fourth-order valence-electron chi connectivity index (χ4n) is 1.61. The van der Waals surface area contributed by atoms with E-state index in [0.29, 0.717) is 11.4 Å². The lowest BCUT2D eigenvalue weighted by Gasteiger charge is -2.04. The first-order valence-corrected chi connectivity index (χ1v) is 5.78. The third kappa shape index (κ3) is 3.09. The summed E-state index contributed by atoms with van der Waals surface area (Å²) in [7, 11) is 0. The molecule has 17 heavy (non-hydrogen) atoms. The fraction of sp³-hybridized carbons (Fsp3) is 0.231. The minimum absolute atomic E-state index is 0.0484. The fourth-order valence-corrected chi connectivity index (χ4v) is 1.80. The molecule has 1 aromatic carbocycles. The molecule has 2 aromatic rings. The van der Waals surface area contributed by atoms with Gasteiger partial charge in [-0.25, -0.2) is 0 Å². The minimum Gasteiger partial charge on any atom is -0.461 e. The van der Waals surface area contributed by atoms with Crippen molar-refractivity contribution >= 4 is 11.6 Å². The topological polar surface area (TPSA) is 59.4 Å². The molecule has 0 saturated carbocycles. The molecule has 1 atom stereocenters. The summed E-state index contributed by atoms with van der Waals surface area (Å²) >= 11 is 5.91. The van der Waals surface area contributed by atoms with Gasteiger partial charge in [0.2, 0.25) is 0 Å². The second kappa shape index (κ2) is 5.36. The highest BCUT2D eigenvalue weighted by Crippen LogP contribution is 2.25. The lowest BCUT2D eigenvalue weighted by molar-refractivity contribution is 0.260. The summed E-state index contributed by atoms with van der Waals surface area (Å²) in [4.78, 5) is 0. The molecule has 0 saturated heterocycles. The van der Waals surface area contributed by atoms with Crippen LogP contribution in [-0.4, -0.2) is 17.8 Å². The molecule has 0 aliphatic heterocycles. The normalized spacial score (nSPS) is 12.6. The summed E-state index contributed by atoms with van der Waals surface area (Å²) < 4.78 is 5.65. The Kier molecular flexibility index (Phi) is 3.84. The number of aliphatic hydroxyl groups is 1. The second-order valence-electron chi connectivity index (χ2n) is 3.92. The maximum Gasteiger partial charge on any atom is 0.134 e. The Morgan fingerprint density at radius 1 is 1.29 bits per heavy atom. The first kappa shape index (κ1) is 12.2. The Morgan fingerprint density at radius 2 is 2.12 bits per heavy atom. The number of hydrogen-bond donors (Lipinski definition) is 2. The maximum atomic E-state index is 8.87. The molecule has 0 spiro atoms. The van der Waals surface area contributed by atoms with Gasteiger partial charge in [0.25, 0.3) is 0 Å². The SMILES string of the molecule is NC(CO)Cc1ccc(-c2cccc(Cl)c2)o1. The predicted molar refractivity (Wildman–Crippen MR) is 67.9 cm³/mol. The van der Waals surface area contributed by atoms with E-state index in [4.69, 9.17) is 26.9 Å². The first-order valence-electron chi connectivity index (χ1n) is 5.40. The molecule has 90 valence electrons. The molecular formula is C13H14ClNO2.